The molecule has 4 atom stereocenters. The monoisotopic (exact) mass is 1980 g/mol. The molecular weight excluding hydrogens is 1860 g/mol. The normalized spacial score (nSPS) is 16.8. The van der Waals surface area contributed by atoms with E-state index >= 15 is 0 Å². The molecule has 9 aromatic heterocycles. The van der Waals surface area contributed by atoms with Gasteiger partial charge in [-0.2, -0.15) is 33.5 Å². The van der Waals surface area contributed by atoms with Crippen molar-refractivity contribution < 1.29 is 71.6 Å². The van der Waals surface area contributed by atoms with Crippen molar-refractivity contribution in [2.24, 2.45) is 5.14 Å². The molecule has 0 amide bonds. The zero-order chi connectivity index (χ0) is 98.3. The number of aromatic nitrogens is 12. The predicted octanol–water partition coefficient (Wildman–Crippen LogP) is 12.4. The molecule has 0 unspecified atom stereocenters. The Bertz CT molecular complexity index is 7440. The number of hydrogen-bond donors (Lipinski definition) is 5. The van der Waals surface area contributed by atoms with Gasteiger partial charge in [-0.25, -0.2) is 82.6 Å². The van der Waals surface area contributed by atoms with Gasteiger partial charge in [-0.05, 0) is 227 Å². The summed E-state index contributed by atoms with van der Waals surface area (Å²) < 4.78 is 162. The molecule has 0 radical (unpaired) electrons. The molecule has 4 saturated heterocycles. The molecule has 5 fully saturated rings. The average Bonchev–Trinajstić information content (AvgIpc) is 1.61. The fourth-order valence-electron chi connectivity index (χ4n) is 18.3. The number of rotatable bonds is 28. The smallest absolute Gasteiger partial charge is 0.274 e. The summed E-state index contributed by atoms with van der Waals surface area (Å²) in [5, 5.41) is 25.7. The van der Waals surface area contributed by atoms with E-state index in [0.29, 0.717) is 121 Å². The first-order chi connectivity index (χ1) is 65.9. The molecule has 37 nitrogen and oxygen atoms in total. The van der Waals surface area contributed by atoms with E-state index in [-0.39, 0.29) is 34.3 Å². The van der Waals surface area contributed by atoms with Crippen LogP contribution in [0.2, 0.25) is 0 Å². The largest absolute Gasteiger partial charge is 0.493 e. The molecule has 138 heavy (non-hydrogen) atoms. The van der Waals surface area contributed by atoms with E-state index < -0.39 is 40.3 Å². The van der Waals surface area contributed by atoms with Crippen LogP contribution in [-0.2, 0) is 40.3 Å². The van der Waals surface area contributed by atoms with Crippen molar-refractivity contribution in [3.63, 3.8) is 0 Å². The van der Waals surface area contributed by atoms with Crippen molar-refractivity contribution in [3.8, 4) is 91.0 Å². The number of benzene rings is 5. The molecule has 42 heteroatoms. The van der Waals surface area contributed by atoms with Gasteiger partial charge in [-0.15, -0.1) is 11.3 Å². The van der Waals surface area contributed by atoms with E-state index in [1.165, 1.54) is 11.3 Å². The molecule has 1 aliphatic carbocycles. The number of allylic oxidation sites excluding steroid dienone is 1. The van der Waals surface area contributed by atoms with Crippen molar-refractivity contribution in [1.29, 1.82) is 0 Å². The molecule has 0 spiro atoms. The van der Waals surface area contributed by atoms with Gasteiger partial charge in [0.2, 0.25) is 30.1 Å². The number of sulfonamides is 3. The number of nitrogens with zero attached hydrogens (tertiary/aromatic N) is 16. The van der Waals surface area contributed by atoms with E-state index in [1.54, 1.807) is 98.7 Å². The van der Waals surface area contributed by atoms with Gasteiger partial charge in [0.25, 0.3) is 10.2 Å². The summed E-state index contributed by atoms with van der Waals surface area (Å²) in [6, 6.07) is 40.4. The fourth-order valence-corrected chi connectivity index (χ4v) is 24.0. The van der Waals surface area contributed by atoms with Gasteiger partial charge in [0, 0.05) is 98.8 Å². The second-order valence-electron chi connectivity index (χ2n) is 34.8. The molecule has 5 aromatic carbocycles. The molecule has 0 bridgehead atoms. The SMILES string of the molecule is C=C(C)c1ccc(S(=O)(=O)N[C@@H]2CCN(c3cc(C)nn4c(-c5ccc(OC)c(OC)c5)c(C)nc34)C2)cc1.COc1ccc(-c2c(C)nc3c(N4CC[C@@H](NS(=O)(=O)C5CC5)C4)cc(C)nn23)cc1OC.COc1ccc(-c2c(C)nc3c(N4CC[C@@H](NS(=O)(=O)c5cccs5)C4)cc(C)nn23)cc1OC.COc1ccc(-c2c(C)nc3c(N4CC[C@@H](NS(N)(=O)=O)C4)cc(C)nn23)cc1OC. The van der Waals surface area contributed by atoms with Gasteiger partial charge in [0.1, 0.15) is 4.21 Å². The Morgan fingerprint density at radius 3 is 0.928 bits per heavy atom. The summed E-state index contributed by atoms with van der Waals surface area (Å²) in [7, 11) is -1.27. The van der Waals surface area contributed by atoms with Crippen LogP contribution in [0.4, 0.5) is 22.7 Å². The van der Waals surface area contributed by atoms with Crippen LogP contribution >= 0.6 is 11.3 Å². The minimum absolute atomic E-state index is 0.0921. The van der Waals surface area contributed by atoms with Crippen LogP contribution in [0.15, 0.2) is 155 Å². The number of hydrogen-bond acceptors (Lipinski definition) is 29. The Labute approximate surface area is 807 Å². The maximum atomic E-state index is 13.1. The molecular formula is C96H115N21O16S5. The Kier molecular flexibility index (Phi) is 28.7. The van der Waals surface area contributed by atoms with Gasteiger partial charge in [-0.1, -0.05) is 30.4 Å². The van der Waals surface area contributed by atoms with Gasteiger partial charge >= 0.3 is 0 Å². The second kappa shape index (κ2) is 40.3. The van der Waals surface area contributed by atoms with E-state index in [0.717, 1.165) is 167 Å². The fraction of sp³-hybridized carbons (Fsp3) is 0.375. The topological polar surface area (TPSA) is 418 Å². The van der Waals surface area contributed by atoms with E-state index in [4.69, 9.17) is 83.4 Å². The Morgan fingerprint density at radius 2 is 0.659 bits per heavy atom. The molecule has 13 heterocycles. The minimum atomic E-state index is -3.75. The van der Waals surface area contributed by atoms with E-state index in [9.17, 15) is 33.7 Å². The quantitative estimate of drug-likeness (QED) is 0.0304. The molecule has 6 N–H and O–H groups in total. The van der Waals surface area contributed by atoms with E-state index in [1.807, 2.05) is 177 Å². The summed E-state index contributed by atoms with van der Waals surface area (Å²) >= 11 is 1.22. The molecule has 14 aromatic rings. The molecule has 730 valence electrons. The lowest BCUT2D eigenvalue weighted by molar-refractivity contribution is 0.355. The number of nitrogens with two attached hydrogens (primary N) is 1. The number of methoxy groups -OCH3 is 8. The number of thiophene rings is 1. The third-order valence-electron chi connectivity index (χ3n) is 24.9. The molecule has 4 aliphatic heterocycles. The summed E-state index contributed by atoms with van der Waals surface area (Å²) in [4.78, 5) is 28.3. The lowest BCUT2D eigenvalue weighted by Crippen LogP contribution is -2.41. The minimum Gasteiger partial charge on any atom is -0.493 e. The van der Waals surface area contributed by atoms with Crippen LogP contribution < -0.4 is 81.5 Å². The number of ether oxygens (including phenoxy) is 8. The third-order valence-corrected chi connectivity index (χ3v) is 32.0. The van der Waals surface area contributed by atoms with Crippen molar-refractivity contribution in [2.45, 2.75) is 139 Å². The van der Waals surface area contributed by atoms with Crippen LogP contribution in [0.3, 0.4) is 0 Å². The summed E-state index contributed by atoms with van der Waals surface area (Å²) in [6.07, 6.45) is 4.34. The van der Waals surface area contributed by atoms with Crippen molar-refractivity contribution in [3.05, 3.63) is 197 Å². The lowest BCUT2D eigenvalue weighted by Gasteiger charge is -2.20. The number of imidazole rings is 4. The zero-order valence-corrected chi connectivity index (χ0v) is 84.2. The second-order valence-corrected chi connectivity index (χ2v) is 42.7. The lowest BCUT2D eigenvalue weighted by atomic mass is 10.1. The van der Waals surface area contributed by atoms with Crippen LogP contribution in [0.25, 0.3) is 73.2 Å². The Balaban J connectivity index is 0.000000133. The van der Waals surface area contributed by atoms with Crippen molar-refractivity contribution in [2.75, 3.05) is 129 Å². The van der Waals surface area contributed by atoms with Crippen molar-refractivity contribution in [1.82, 2.24) is 77.3 Å². The standard InChI is InChI=1S/C29H33N5O4S.C24H27N5O4S2.C23H29N5O4S.C20H26N6O4S/c1-18(2)21-7-10-24(11-8-21)39(35,36)32-23-13-14-33(17-23)25-15-19(3)31-34-28(20(4)30-29(25)34)22-9-12-26(37-5)27(16-22)38-6;1-15-12-19(28-10-9-18(14-28)27-35(30,31)22-6-5-11-34-22)24-25-16(2)23(29(24)26-15)17-7-8-20(32-3)21(13-17)33-4;1-14-11-19(27-10-9-17(13-27)26-33(29,30)18-6-7-18)23-24-15(2)22(28(23)25-14)16-5-8-20(31-3)21(12-16)32-4;1-12-9-16(25-8-7-15(11-25)24-31(21,27)28)20-22-13(2)19(26(20)23-12)14-5-6-17(29-3)18(10-14)30-4/h7-12,15-16,23,32H,1,13-14,17H2,2-6H3;5-8,11-13,18,27H,9-10,14H2,1-4H3;5,8,11-12,17-18,26H,6-7,9-10,13H2,1-4H3;5-6,9-10,15,24H,7-8,11H2,1-4H3,(H2,21,27,28)/t23-;18-;17-;15-/m1111/s1. The van der Waals surface area contributed by atoms with Crippen LogP contribution in [0, 0.1) is 55.4 Å². The highest BCUT2D eigenvalue weighted by Crippen LogP contribution is 2.43. The highest BCUT2D eigenvalue weighted by Gasteiger charge is 2.40. The third kappa shape index (κ3) is 20.8. The number of anilines is 4. The van der Waals surface area contributed by atoms with Crippen LogP contribution in [-0.4, -0.2) is 231 Å². The van der Waals surface area contributed by atoms with Gasteiger partial charge < -0.3 is 57.5 Å². The summed E-state index contributed by atoms with van der Waals surface area (Å²) in [5.74, 6) is 5.13. The number of nitrogens with one attached hydrogen (secondary N) is 4. The van der Waals surface area contributed by atoms with Crippen LogP contribution in [0.1, 0.15) is 96.6 Å². The first-order valence-corrected chi connectivity index (χ1v) is 51.9. The first-order valence-electron chi connectivity index (χ1n) is 44.9. The Morgan fingerprint density at radius 1 is 0.370 bits per heavy atom. The maximum Gasteiger partial charge on any atom is 0.274 e. The molecule has 1 saturated carbocycles. The predicted molar refractivity (Wildman–Crippen MR) is 534 cm³/mol. The zero-order valence-electron chi connectivity index (χ0n) is 80.1. The van der Waals surface area contributed by atoms with Gasteiger partial charge in [0.05, 0.1) is 158 Å². The van der Waals surface area contributed by atoms with Gasteiger partial charge in [-0.3, -0.25) is 0 Å². The molecule has 5 aliphatic rings. The highest BCUT2D eigenvalue weighted by molar-refractivity contribution is 7.91. The average molecular weight is 1980 g/mol. The van der Waals surface area contributed by atoms with Crippen molar-refractivity contribution >= 4 is 103 Å². The number of fused-ring (bicyclic) bond motifs is 4. The van der Waals surface area contributed by atoms with Gasteiger partial charge in [0.15, 0.2) is 68.6 Å². The number of aryl methyl sites for hydroxylation is 8. The van der Waals surface area contributed by atoms with E-state index in [2.05, 4.69) is 45.1 Å². The first kappa shape index (κ1) is 98.3. The highest BCUT2D eigenvalue weighted by atomic mass is 32.2. The maximum absolute atomic E-state index is 13.1. The van der Waals surface area contributed by atoms with Crippen LogP contribution in [0.5, 0.6) is 46.0 Å². The Hall–Kier alpha value is -12.8. The summed E-state index contributed by atoms with van der Waals surface area (Å²) in [5.41, 5.74) is 22.3. The summed E-state index contributed by atoms with van der Waals surface area (Å²) in [6.45, 7) is 26.5. The molecule has 19 rings (SSSR count).